The van der Waals surface area contributed by atoms with Crippen molar-refractivity contribution in [1.29, 1.82) is 0 Å². The number of rotatable bonds is 8. The summed E-state index contributed by atoms with van der Waals surface area (Å²) in [5, 5.41) is 1.96. The first-order valence-electron chi connectivity index (χ1n) is 9.25. The van der Waals surface area contributed by atoms with Crippen molar-refractivity contribution in [1.82, 2.24) is 4.90 Å². The summed E-state index contributed by atoms with van der Waals surface area (Å²) in [6, 6.07) is 10.8. The van der Waals surface area contributed by atoms with E-state index in [4.69, 9.17) is 4.74 Å². The fourth-order valence-electron chi connectivity index (χ4n) is 3.15. The number of hydrogen-bond donors (Lipinski definition) is 0. The smallest absolute Gasteiger partial charge is 0.254 e. The number of thiophene rings is 1. The molecule has 1 aliphatic heterocycles. The Bertz CT molecular complexity index is 845. The maximum absolute atomic E-state index is 13.1. The van der Waals surface area contributed by atoms with Crippen LogP contribution >= 0.6 is 11.3 Å². The Morgan fingerprint density at radius 3 is 2.63 bits per heavy atom. The normalized spacial score (nSPS) is 18.3. The molecule has 0 aliphatic carbocycles. The Balaban J connectivity index is 1.76. The van der Waals surface area contributed by atoms with Gasteiger partial charge in [-0.2, -0.15) is 0 Å². The topological polar surface area (TPSA) is 63.7 Å². The van der Waals surface area contributed by atoms with Crippen molar-refractivity contribution in [2.45, 2.75) is 38.8 Å². The second kappa shape index (κ2) is 8.89. The van der Waals surface area contributed by atoms with Gasteiger partial charge >= 0.3 is 0 Å². The minimum absolute atomic E-state index is 0.0440. The van der Waals surface area contributed by atoms with Gasteiger partial charge in [-0.05, 0) is 48.6 Å². The van der Waals surface area contributed by atoms with E-state index >= 15 is 0 Å². The Labute approximate surface area is 164 Å². The molecule has 2 heterocycles. The monoisotopic (exact) mass is 407 g/mol. The van der Waals surface area contributed by atoms with Crippen LogP contribution in [0.1, 0.15) is 41.4 Å². The van der Waals surface area contributed by atoms with Gasteiger partial charge in [-0.3, -0.25) is 4.79 Å². The summed E-state index contributed by atoms with van der Waals surface area (Å²) in [5.74, 6) is 0.803. The zero-order valence-corrected chi connectivity index (χ0v) is 17.1. The number of ether oxygens (including phenoxy) is 1. The van der Waals surface area contributed by atoms with Crippen molar-refractivity contribution in [3.8, 4) is 5.75 Å². The summed E-state index contributed by atoms with van der Waals surface area (Å²) in [7, 11) is -3.07. The number of carbonyl (C=O) groups excluding carboxylic acids is 1. The van der Waals surface area contributed by atoms with Crippen molar-refractivity contribution < 1.29 is 17.9 Å². The molecule has 7 heteroatoms. The summed E-state index contributed by atoms with van der Waals surface area (Å²) < 4.78 is 29.5. The number of sulfone groups is 1. The summed E-state index contributed by atoms with van der Waals surface area (Å²) in [6.07, 6.45) is 2.56. The van der Waals surface area contributed by atoms with E-state index in [0.29, 0.717) is 25.1 Å². The highest BCUT2D eigenvalue weighted by molar-refractivity contribution is 7.91. The third kappa shape index (κ3) is 5.32. The molecule has 1 amide bonds. The maximum atomic E-state index is 13.1. The fourth-order valence-corrected chi connectivity index (χ4v) is 5.59. The minimum atomic E-state index is -3.07. The first-order valence-corrected chi connectivity index (χ1v) is 12.0. The van der Waals surface area contributed by atoms with Gasteiger partial charge in [0, 0.05) is 16.5 Å². The zero-order chi connectivity index (χ0) is 19.3. The SMILES string of the molecule is CCCCOc1ccc(C(=O)N(Cc2cccs2)[C@H]2CCS(=O)(=O)C2)cc1. The van der Waals surface area contributed by atoms with Crippen LogP contribution in [-0.2, 0) is 16.4 Å². The van der Waals surface area contributed by atoms with Crippen LogP contribution in [0.15, 0.2) is 41.8 Å². The third-order valence-electron chi connectivity index (χ3n) is 4.68. The number of unbranched alkanes of at least 4 members (excludes halogenated alkanes) is 1. The summed E-state index contributed by atoms with van der Waals surface area (Å²) in [6.45, 7) is 3.20. The van der Waals surface area contributed by atoms with Crippen LogP contribution in [0.5, 0.6) is 5.75 Å². The average molecular weight is 408 g/mol. The standard InChI is InChI=1S/C20H25NO4S2/c1-2-3-11-25-18-8-6-16(7-9-18)20(22)21(14-19-5-4-12-26-19)17-10-13-27(23,24)15-17/h4-9,12,17H,2-3,10-11,13-15H2,1H3/t17-/m0/s1. The third-order valence-corrected chi connectivity index (χ3v) is 7.30. The van der Waals surface area contributed by atoms with Crippen molar-refractivity contribution in [2.24, 2.45) is 0 Å². The van der Waals surface area contributed by atoms with Gasteiger partial charge in [0.05, 0.1) is 24.7 Å². The molecule has 1 aromatic carbocycles. The molecule has 27 heavy (non-hydrogen) atoms. The predicted octanol–water partition coefficient (Wildman–Crippen LogP) is 3.76. The lowest BCUT2D eigenvalue weighted by Crippen LogP contribution is -2.40. The fraction of sp³-hybridized carbons (Fsp3) is 0.450. The second-order valence-corrected chi connectivity index (χ2v) is 10.1. The molecular formula is C20H25NO4S2. The Kier molecular flexibility index (Phi) is 6.55. The van der Waals surface area contributed by atoms with Gasteiger partial charge in [0.1, 0.15) is 5.75 Å². The van der Waals surface area contributed by atoms with Crippen molar-refractivity contribution in [2.75, 3.05) is 18.1 Å². The van der Waals surface area contributed by atoms with E-state index in [1.54, 1.807) is 40.5 Å². The number of amides is 1. The number of nitrogens with zero attached hydrogens (tertiary/aromatic N) is 1. The van der Waals surface area contributed by atoms with Gasteiger partial charge in [0.15, 0.2) is 9.84 Å². The average Bonchev–Trinajstić information content (AvgIpc) is 3.29. The Morgan fingerprint density at radius 2 is 2.04 bits per heavy atom. The highest BCUT2D eigenvalue weighted by atomic mass is 32.2. The van der Waals surface area contributed by atoms with Crippen molar-refractivity contribution >= 4 is 27.1 Å². The summed E-state index contributed by atoms with van der Waals surface area (Å²) in [4.78, 5) is 15.9. The second-order valence-electron chi connectivity index (χ2n) is 6.80. The Morgan fingerprint density at radius 1 is 1.26 bits per heavy atom. The molecule has 5 nitrogen and oxygen atoms in total. The van der Waals surface area contributed by atoms with Gasteiger partial charge in [-0.1, -0.05) is 19.4 Å². The first kappa shape index (κ1) is 19.9. The molecule has 146 valence electrons. The van der Waals surface area contributed by atoms with Gasteiger partial charge in [-0.25, -0.2) is 8.42 Å². The van der Waals surface area contributed by atoms with Crippen molar-refractivity contribution in [3.63, 3.8) is 0 Å². The molecule has 1 fully saturated rings. The molecule has 1 aliphatic rings. The van der Waals surface area contributed by atoms with E-state index in [1.165, 1.54) is 0 Å². The van der Waals surface area contributed by atoms with E-state index in [-0.39, 0.29) is 23.5 Å². The van der Waals surface area contributed by atoms with Crippen LogP contribution in [0.4, 0.5) is 0 Å². The summed E-state index contributed by atoms with van der Waals surface area (Å²) >= 11 is 1.57. The Hall–Kier alpha value is -1.86. The van der Waals surface area contributed by atoms with Crippen LogP contribution in [0, 0.1) is 0 Å². The molecule has 0 saturated carbocycles. The molecule has 1 atom stereocenters. The number of carbonyl (C=O) groups is 1. The molecule has 1 saturated heterocycles. The summed E-state index contributed by atoms with van der Waals surface area (Å²) in [5.41, 5.74) is 0.554. The van der Waals surface area contributed by atoms with Gasteiger partial charge in [0.2, 0.25) is 0 Å². The molecule has 0 bridgehead atoms. The molecule has 0 spiro atoms. The van der Waals surface area contributed by atoms with Gasteiger partial charge in [0.25, 0.3) is 5.91 Å². The zero-order valence-electron chi connectivity index (χ0n) is 15.5. The van der Waals surface area contributed by atoms with Crippen LogP contribution in [0.2, 0.25) is 0 Å². The minimum Gasteiger partial charge on any atom is -0.494 e. The van der Waals surface area contributed by atoms with Crippen LogP contribution in [-0.4, -0.2) is 43.4 Å². The number of hydrogen-bond acceptors (Lipinski definition) is 5. The molecule has 3 rings (SSSR count). The highest BCUT2D eigenvalue weighted by Crippen LogP contribution is 2.24. The molecule has 2 aromatic rings. The largest absolute Gasteiger partial charge is 0.494 e. The molecule has 0 unspecified atom stereocenters. The maximum Gasteiger partial charge on any atom is 0.254 e. The lowest BCUT2D eigenvalue weighted by atomic mass is 10.1. The van der Waals surface area contributed by atoms with Crippen LogP contribution < -0.4 is 4.74 Å². The lowest BCUT2D eigenvalue weighted by molar-refractivity contribution is 0.0683. The first-order chi connectivity index (χ1) is 13.0. The van der Waals surface area contributed by atoms with E-state index < -0.39 is 9.84 Å². The molecular weight excluding hydrogens is 382 g/mol. The van der Waals surface area contributed by atoms with Crippen molar-refractivity contribution in [3.05, 3.63) is 52.2 Å². The van der Waals surface area contributed by atoms with Gasteiger partial charge < -0.3 is 9.64 Å². The lowest BCUT2D eigenvalue weighted by Gasteiger charge is -2.28. The van der Waals surface area contributed by atoms with E-state index in [2.05, 4.69) is 6.92 Å². The van der Waals surface area contributed by atoms with Gasteiger partial charge in [-0.15, -0.1) is 11.3 Å². The van der Waals surface area contributed by atoms with Crippen LogP contribution in [0.3, 0.4) is 0 Å². The van der Waals surface area contributed by atoms with E-state index in [0.717, 1.165) is 23.5 Å². The van der Waals surface area contributed by atoms with E-state index in [1.807, 2.05) is 17.5 Å². The van der Waals surface area contributed by atoms with Crippen LogP contribution in [0.25, 0.3) is 0 Å². The molecule has 0 N–H and O–H groups in total. The quantitative estimate of drug-likeness (QED) is 0.625. The highest BCUT2D eigenvalue weighted by Gasteiger charge is 2.35. The van der Waals surface area contributed by atoms with E-state index in [9.17, 15) is 13.2 Å². The molecule has 0 radical (unpaired) electrons. The number of benzene rings is 1. The molecule has 1 aromatic heterocycles. The predicted molar refractivity (Wildman–Crippen MR) is 108 cm³/mol.